The monoisotopic (exact) mass is 424 g/mol. The van der Waals surface area contributed by atoms with Crippen LogP contribution in [0.5, 0.6) is 0 Å². The van der Waals surface area contributed by atoms with Crippen LogP contribution in [-0.2, 0) is 6.54 Å². The molecule has 0 atom stereocenters. The van der Waals surface area contributed by atoms with E-state index in [0.717, 1.165) is 46.3 Å². The van der Waals surface area contributed by atoms with Crippen LogP contribution in [0.1, 0.15) is 33.6 Å². The second-order valence-electron chi connectivity index (χ2n) is 8.29. The minimum atomic E-state index is -0.232. The molecule has 1 aromatic heterocycles. The first-order valence-electron chi connectivity index (χ1n) is 11.0. The van der Waals surface area contributed by atoms with Gasteiger partial charge in [0.15, 0.2) is 0 Å². The van der Waals surface area contributed by atoms with Gasteiger partial charge in [0.2, 0.25) is 0 Å². The molecule has 32 heavy (non-hydrogen) atoms. The Morgan fingerprint density at radius 2 is 1.66 bits per heavy atom. The largest absolute Gasteiger partial charge is 0.340 e. The van der Waals surface area contributed by atoms with E-state index in [4.69, 9.17) is 0 Å². The highest BCUT2D eigenvalue weighted by Crippen LogP contribution is 2.30. The normalized spacial score (nSPS) is 13.9. The predicted octanol–water partition coefficient (Wildman–Crippen LogP) is 6.07. The number of carbonyl (C=O) groups is 1. The molecule has 5 rings (SSSR count). The van der Waals surface area contributed by atoms with Gasteiger partial charge < -0.3 is 9.47 Å². The molecule has 0 saturated heterocycles. The van der Waals surface area contributed by atoms with Gasteiger partial charge in [-0.25, -0.2) is 4.39 Å². The van der Waals surface area contributed by atoms with E-state index >= 15 is 0 Å². The third-order valence-corrected chi connectivity index (χ3v) is 6.34. The van der Waals surface area contributed by atoms with E-state index < -0.39 is 0 Å². The molecule has 0 unspecified atom stereocenters. The lowest BCUT2D eigenvalue weighted by molar-refractivity contribution is 0.0774. The van der Waals surface area contributed by atoms with Crippen molar-refractivity contribution >= 4 is 22.4 Å². The summed E-state index contributed by atoms with van der Waals surface area (Å²) in [7, 11) is 0. The molecule has 3 nitrogen and oxygen atoms in total. The van der Waals surface area contributed by atoms with Gasteiger partial charge in [-0.05, 0) is 48.2 Å². The topological polar surface area (TPSA) is 25.2 Å². The molecule has 4 heteroatoms. The number of hydrogen-bond donors (Lipinski definition) is 0. The number of hydrogen-bond acceptors (Lipinski definition) is 1. The summed E-state index contributed by atoms with van der Waals surface area (Å²) in [6, 6.07) is 25.1. The molecule has 0 radical (unpaired) electrons. The fourth-order valence-corrected chi connectivity index (χ4v) is 4.61. The van der Waals surface area contributed by atoms with E-state index in [1.165, 1.54) is 17.7 Å². The van der Waals surface area contributed by atoms with Crippen LogP contribution in [0.25, 0.3) is 16.5 Å². The van der Waals surface area contributed by atoms with Crippen LogP contribution in [0, 0.1) is 12.7 Å². The molecule has 1 aliphatic heterocycles. The summed E-state index contributed by atoms with van der Waals surface area (Å²) >= 11 is 0. The molecule has 0 saturated carbocycles. The van der Waals surface area contributed by atoms with Crippen molar-refractivity contribution in [1.29, 1.82) is 0 Å². The first-order valence-corrected chi connectivity index (χ1v) is 11.0. The van der Waals surface area contributed by atoms with Gasteiger partial charge in [-0.3, -0.25) is 4.79 Å². The summed E-state index contributed by atoms with van der Waals surface area (Å²) in [5, 5.41) is 0.999. The first-order chi connectivity index (χ1) is 15.6. The molecule has 160 valence electrons. The van der Waals surface area contributed by atoms with Gasteiger partial charge in [-0.1, -0.05) is 66.7 Å². The zero-order valence-electron chi connectivity index (χ0n) is 18.1. The summed E-state index contributed by atoms with van der Waals surface area (Å²) in [6.07, 6.45) is 2.85. The van der Waals surface area contributed by atoms with Gasteiger partial charge >= 0.3 is 0 Å². The van der Waals surface area contributed by atoms with Gasteiger partial charge in [0.25, 0.3) is 5.91 Å². The van der Waals surface area contributed by atoms with Gasteiger partial charge in [-0.15, -0.1) is 0 Å². The van der Waals surface area contributed by atoms with E-state index in [1.54, 1.807) is 12.1 Å². The summed E-state index contributed by atoms with van der Waals surface area (Å²) in [6.45, 7) is 3.98. The van der Waals surface area contributed by atoms with Crippen molar-refractivity contribution < 1.29 is 9.18 Å². The highest BCUT2D eigenvalue weighted by molar-refractivity contribution is 6.08. The number of nitrogens with zero attached hydrogens (tertiary/aromatic N) is 2. The summed E-state index contributed by atoms with van der Waals surface area (Å²) in [4.78, 5) is 15.5. The molecule has 0 fully saturated rings. The Kier molecular flexibility index (Phi) is 5.36. The standard InChI is InChI=1S/C28H25FN2O/c1-20-27(25-9-5-6-10-26(25)31(20)19-21-7-3-2-4-8-21)28(32)30-17-15-23(16-18-30)22-11-13-24(29)14-12-22/h2-15H,16-19H2,1H3. The van der Waals surface area contributed by atoms with E-state index in [1.807, 2.05) is 48.2 Å². The maximum atomic E-state index is 13.6. The van der Waals surface area contributed by atoms with Crippen molar-refractivity contribution in [3.8, 4) is 0 Å². The number of aromatic nitrogens is 1. The van der Waals surface area contributed by atoms with Gasteiger partial charge in [0.05, 0.1) is 5.56 Å². The Bertz CT molecular complexity index is 1300. The first kappa shape index (κ1) is 20.3. The summed E-state index contributed by atoms with van der Waals surface area (Å²) in [5.41, 5.74) is 6.26. The average Bonchev–Trinajstić information content (AvgIpc) is 3.11. The van der Waals surface area contributed by atoms with E-state index in [-0.39, 0.29) is 11.7 Å². The highest BCUT2D eigenvalue weighted by Gasteiger charge is 2.25. The third-order valence-electron chi connectivity index (χ3n) is 6.34. The number of fused-ring (bicyclic) bond motifs is 1. The van der Waals surface area contributed by atoms with Crippen LogP contribution >= 0.6 is 0 Å². The lowest BCUT2D eigenvalue weighted by Gasteiger charge is -2.27. The van der Waals surface area contributed by atoms with Crippen molar-refractivity contribution in [2.24, 2.45) is 0 Å². The molecule has 4 aromatic rings. The number of amides is 1. The Morgan fingerprint density at radius 1 is 0.938 bits per heavy atom. The van der Waals surface area contributed by atoms with Crippen molar-refractivity contribution in [1.82, 2.24) is 9.47 Å². The predicted molar refractivity (Wildman–Crippen MR) is 127 cm³/mol. The zero-order valence-corrected chi connectivity index (χ0v) is 18.1. The highest BCUT2D eigenvalue weighted by atomic mass is 19.1. The molecule has 0 N–H and O–H groups in total. The van der Waals surface area contributed by atoms with Crippen LogP contribution in [0.2, 0.25) is 0 Å². The molecular weight excluding hydrogens is 399 g/mol. The number of carbonyl (C=O) groups excluding carboxylic acids is 1. The fourth-order valence-electron chi connectivity index (χ4n) is 4.61. The van der Waals surface area contributed by atoms with Crippen LogP contribution in [0.15, 0.2) is 84.9 Å². The lowest BCUT2D eigenvalue weighted by Crippen LogP contribution is -2.35. The van der Waals surface area contributed by atoms with Gasteiger partial charge in [-0.2, -0.15) is 0 Å². The maximum Gasteiger partial charge on any atom is 0.256 e. The number of para-hydroxylation sites is 1. The average molecular weight is 425 g/mol. The van der Waals surface area contributed by atoms with Gasteiger partial charge in [0.1, 0.15) is 5.82 Å². The Balaban J connectivity index is 1.45. The Hall–Kier alpha value is -3.66. The van der Waals surface area contributed by atoms with Crippen molar-refractivity contribution in [2.45, 2.75) is 19.9 Å². The van der Waals surface area contributed by atoms with Crippen LogP contribution in [0.3, 0.4) is 0 Å². The molecular formula is C28H25FN2O. The van der Waals surface area contributed by atoms with Crippen molar-refractivity contribution in [2.75, 3.05) is 13.1 Å². The fraction of sp³-hybridized carbons (Fsp3) is 0.179. The number of rotatable bonds is 4. The van der Waals surface area contributed by atoms with Crippen molar-refractivity contribution in [3.05, 3.63) is 113 Å². The summed E-state index contributed by atoms with van der Waals surface area (Å²) in [5.74, 6) is -0.163. The van der Waals surface area contributed by atoms with Gasteiger partial charge in [0, 0.05) is 36.2 Å². The van der Waals surface area contributed by atoms with Crippen LogP contribution in [-0.4, -0.2) is 28.5 Å². The lowest BCUT2D eigenvalue weighted by atomic mass is 9.99. The number of benzene rings is 3. The molecule has 1 amide bonds. The number of halogens is 1. The molecule has 0 spiro atoms. The summed E-state index contributed by atoms with van der Waals surface area (Å²) < 4.78 is 15.5. The quantitative estimate of drug-likeness (QED) is 0.391. The molecule has 0 bridgehead atoms. The molecule has 0 aliphatic carbocycles. The van der Waals surface area contributed by atoms with Crippen molar-refractivity contribution in [3.63, 3.8) is 0 Å². The molecule has 3 aromatic carbocycles. The van der Waals surface area contributed by atoms with E-state index in [9.17, 15) is 9.18 Å². The van der Waals surface area contributed by atoms with Crippen LogP contribution in [0.4, 0.5) is 4.39 Å². The second kappa shape index (κ2) is 8.46. The SMILES string of the molecule is Cc1c(C(=O)N2CC=C(c3ccc(F)cc3)CC2)c2ccccc2n1Cc1ccccc1. The zero-order chi connectivity index (χ0) is 22.1. The van der Waals surface area contributed by atoms with E-state index in [0.29, 0.717) is 13.1 Å². The smallest absolute Gasteiger partial charge is 0.256 e. The van der Waals surface area contributed by atoms with Crippen LogP contribution < -0.4 is 0 Å². The Labute approximate surface area is 187 Å². The molecule has 2 heterocycles. The minimum Gasteiger partial charge on any atom is -0.340 e. The van der Waals surface area contributed by atoms with E-state index in [2.05, 4.69) is 28.8 Å². The second-order valence-corrected chi connectivity index (χ2v) is 8.29. The third kappa shape index (κ3) is 3.73. The maximum absolute atomic E-state index is 13.6. The Morgan fingerprint density at radius 3 is 2.38 bits per heavy atom. The molecule has 1 aliphatic rings. The minimum absolute atomic E-state index is 0.0694.